The Kier molecular flexibility index (Phi) is 5.68. The molecule has 2 N–H and O–H groups in total. The molecule has 168 valence electrons. The fourth-order valence-corrected chi connectivity index (χ4v) is 4.28. The second-order valence-electron chi connectivity index (χ2n) is 8.17. The van der Waals surface area contributed by atoms with Crippen molar-refractivity contribution in [1.29, 1.82) is 0 Å². The number of nitrogens with zero attached hydrogens (tertiary/aromatic N) is 2. The van der Waals surface area contributed by atoms with Crippen LogP contribution in [-0.2, 0) is 0 Å². The summed E-state index contributed by atoms with van der Waals surface area (Å²) in [6.07, 6.45) is 8.85. The van der Waals surface area contributed by atoms with Gasteiger partial charge < -0.3 is 4.98 Å². The van der Waals surface area contributed by atoms with Gasteiger partial charge in [0.05, 0.1) is 16.9 Å². The normalized spacial score (nSPS) is 12.6. The number of benzene rings is 2. The fraction of sp³-hybridized carbons (Fsp3) is 0.103. The maximum absolute atomic E-state index is 13.8. The number of aromatic amines is 2. The maximum atomic E-state index is 13.8. The third kappa shape index (κ3) is 3.86. The van der Waals surface area contributed by atoms with Crippen molar-refractivity contribution < 1.29 is 4.39 Å². The van der Waals surface area contributed by atoms with Crippen molar-refractivity contribution in [3.63, 3.8) is 0 Å². The van der Waals surface area contributed by atoms with Gasteiger partial charge in [0.15, 0.2) is 0 Å². The number of allylic oxidation sites excluding steroid dienone is 5. The highest BCUT2D eigenvalue weighted by Gasteiger charge is 2.15. The van der Waals surface area contributed by atoms with Crippen LogP contribution in [0.1, 0.15) is 25.8 Å². The third-order valence-corrected chi connectivity index (χ3v) is 6.12. The van der Waals surface area contributed by atoms with Gasteiger partial charge >= 0.3 is 0 Å². The number of hydrogen-bond acceptors (Lipinski definition) is 2. The summed E-state index contributed by atoms with van der Waals surface area (Å²) in [6, 6.07) is 16.8. The monoisotopic (exact) mass is 448 g/mol. The van der Waals surface area contributed by atoms with Gasteiger partial charge in [-0.1, -0.05) is 49.9 Å². The van der Waals surface area contributed by atoms with Crippen LogP contribution >= 0.6 is 0 Å². The number of H-pyrrole nitrogens is 2. The zero-order valence-corrected chi connectivity index (χ0v) is 19.2. The summed E-state index contributed by atoms with van der Waals surface area (Å²) in [4.78, 5) is 8.00. The average Bonchev–Trinajstić information content (AvgIpc) is 3.48. The molecule has 0 spiro atoms. The molecule has 3 heterocycles. The molecule has 0 saturated heterocycles. The van der Waals surface area contributed by atoms with E-state index in [9.17, 15) is 4.39 Å². The van der Waals surface area contributed by atoms with Gasteiger partial charge in [-0.15, -0.1) is 0 Å². The molecular formula is C29H25FN4. The molecule has 5 rings (SSSR count). The molecule has 0 atom stereocenters. The third-order valence-electron chi connectivity index (χ3n) is 6.12. The van der Waals surface area contributed by atoms with E-state index in [0.29, 0.717) is 0 Å². The molecule has 0 fully saturated rings. The minimum absolute atomic E-state index is 0.283. The van der Waals surface area contributed by atoms with Crippen molar-refractivity contribution >= 4 is 27.4 Å². The number of rotatable bonds is 6. The molecule has 0 amide bonds. The number of fused-ring (bicyclic) bond motifs is 2. The predicted molar refractivity (Wildman–Crippen MR) is 139 cm³/mol. The minimum atomic E-state index is -0.283. The first kappa shape index (κ1) is 21.6. The van der Waals surface area contributed by atoms with Crippen molar-refractivity contribution in [1.82, 2.24) is 20.2 Å². The fourth-order valence-electron chi connectivity index (χ4n) is 4.28. The van der Waals surface area contributed by atoms with Gasteiger partial charge in [-0.2, -0.15) is 5.10 Å². The molecule has 0 saturated carbocycles. The van der Waals surface area contributed by atoms with Gasteiger partial charge in [0.25, 0.3) is 0 Å². The SMILES string of the molecule is C=C/C(=C\C(=C/C)c1ccc2[nH]nc(-c3cc4c(-c5cccc(F)c5)nccc4[nH]3)c2c1)CC. The van der Waals surface area contributed by atoms with Gasteiger partial charge in [-0.25, -0.2) is 4.39 Å². The molecule has 5 heteroatoms. The Hall–Kier alpha value is -4.25. The summed E-state index contributed by atoms with van der Waals surface area (Å²) in [7, 11) is 0. The molecule has 2 aromatic carbocycles. The van der Waals surface area contributed by atoms with Crippen LogP contribution in [-0.4, -0.2) is 20.2 Å². The Morgan fingerprint density at radius 3 is 2.65 bits per heavy atom. The van der Waals surface area contributed by atoms with E-state index in [4.69, 9.17) is 0 Å². The highest BCUT2D eigenvalue weighted by molar-refractivity contribution is 6.00. The van der Waals surface area contributed by atoms with Crippen molar-refractivity contribution in [2.24, 2.45) is 0 Å². The highest BCUT2D eigenvalue weighted by atomic mass is 19.1. The van der Waals surface area contributed by atoms with Crippen LogP contribution in [0.3, 0.4) is 0 Å². The van der Waals surface area contributed by atoms with Crippen LogP contribution in [0.15, 0.2) is 91.2 Å². The first-order valence-electron chi connectivity index (χ1n) is 11.3. The summed E-state index contributed by atoms with van der Waals surface area (Å²) >= 11 is 0. The molecule has 0 unspecified atom stereocenters. The molecule has 0 radical (unpaired) electrons. The summed E-state index contributed by atoms with van der Waals surface area (Å²) in [5, 5.41) is 9.70. The first-order chi connectivity index (χ1) is 16.6. The second-order valence-corrected chi connectivity index (χ2v) is 8.17. The van der Waals surface area contributed by atoms with Crippen LogP contribution < -0.4 is 0 Å². The van der Waals surface area contributed by atoms with Crippen LogP contribution in [0.5, 0.6) is 0 Å². The molecule has 5 aromatic rings. The van der Waals surface area contributed by atoms with E-state index in [2.05, 4.69) is 64.0 Å². The average molecular weight is 449 g/mol. The summed E-state index contributed by atoms with van der Waals surface area (Å²) < 4.78 is 13.8. The van der Waals surface area contributed by atoms with Crippen LogP contribution in [0.2, 0.25) is 0 Å². The minimum Gasteiger partial charge on any atom is -0.353 e. The highest BCUT2D eigenvalue weighted by Crippen LogP contribution is 2.34. The topological polar surface area (TPSA) is 57.4 Å². The van der Waals surface area contributed by atoms with Gasteiger partial charge in [0.2, 0.25) is 0 Å². The molecule has 0 aliphatic carbocycles. The van der Waals surface area contributed by atoms with Gasteiger partial charge in [-0.05, 0) is 66.5 Å². The molecule has 34 heavy (non-hydrogen) atoms. The Morgan fingerprint density at radius 1 is 1.03 bits per heavy atom. The smallest absolute Gasteiger partial charge is 0.123 e. The molecule has 0 aliphatic rings. The number of aromatic nitrogens is 4. The Morgan fingerprint density at radius 2 is 1.88 bits per heavy atom. The number of halogens is 1. The number of nitrogens with one attached hydrogen (secondary N) is 2. The quantitative estimate of drug-likeness (QED) is 0.260. The molecule has 4 nitrogen and oxygen atoms in total. The first-order valence-corrected chi connectivity index (χ1v) is 11.3. The predicted octanol–water partition coefficient (Wildman–Crippen LogP) is 7.84. The lowest BCUT2D eigenvalue weighted by Gasteiger charge is -2.05. The Labute approximate surface area is 197 Å². The van der Waals surface area contributed by atoms with Crippen molar-refractivity contribution in [3.05, 3.63) is 103 Å². The van der Waals surface area contributed by atoms with E-state index in [1.165, 1.54) is 17.7 Å². The van der Waals surface area contributed by atoms with Crippen LogP contribution in [0.4, 0.5) is 4.39 Å². The zero-order chi connectivity index (χ0) is 23.7. The van der Waals surface area contributed by atoms with Gasteiger partial charge in [0, 0.05) is 28.0 Å². The molecule has 0 aliphatic heterocycles. The van der Waals surface area contributed by atoms with Crippen molar-refractivity contribution in [3.8, 4) is 22.6 Å². The lowest BCUT2D eigenvalue weighted by Crippen LogP contribution is -1.85. The lowest BCUT2D eigenvalue weighted by molar-refractivity contribution is 0.628. The van der Waals surface area contributed by atoms with Crippen LogP contribution in [0, 0.1) is 5.82 Å². The standard InChI is InChI=1S/C29H25FN4/c1-4-18(5-2)14-19(6-3)20-10-11-26-23(16-20)29(34-33-26)27-17-24-25(32-27)12-13-31-28(24)21-8-7-9-22(30)15-21/h4,6-17,32H,1,5H2,2-3H3,(H,33,34)/b18-14+,19-6+. The maximum Gasteiger partial charge on any atom is 0.123 e. The largest absolute Gasteiger partial charge is 0.353 e. The Bertz CT molecular complexity index is 1580. The summed E-state index contributed by atoms with van der Waals surface area (Å²) in [5.41, 5.74) is 8.50. The van der Waals surface area contributed by atoms with Crippen molar-refractivity contribution in [2.75, 3.05) is 0 Å². The summed E-state index contributed by atoms with van der Waals surface area (Å²) in [5.74, 6) is -0.283. The van der Waals surface area contributed by atoms with E-state index in [1.807, 2.05) is 31.2 Å². The molecular weight excluding hydrogens is 423 g/mol. The second kappa shape index (κ2) is 8.94. The van der Waals surface area contributed by atoms with Crippen LogP contribution in [0.25, 0.3) is 50.0 Å². The van der Waals surface area contributed by atoms with Gasteiger partial charge in [0.1, 0.15) is 11.5 Å². The number of pyridine rings is 1. The zero-order valence-electron chi connectivity index (χ0n) is 19.2. The number of hydrogen-bond donors (Lipinski definition) is 2. The van der Waals surface area contributed by atoms with Crippen molar-refractivity contribution in [2.45, 2.75) is 20.3 Å². The van der Waals surface area contributed by atoms with E-state index in [1.54, 1.807) is 12.3 Å². The molecule has 3 aromatic heterocycles. The Balaban J connectivity index is 1.63. The van der Waals surface area contributed by atoms with Gasteiger partial charge in [-0.3, -0.25) is 10.1 Å². The van der Waals surface area contributed by atoms with E-state index in [-0.39, 0.29) is 5.82 Å². The van der Waals surface area contributed by atoms with E-state index >= 15 is 0 Å². The summed E-state index contributed by atoms with van der Waals surface area (Å²) in [6.45, 7) is 8.09. The van der Waals surface area contributed by atoms with E-state index in [0.717, 1.165) is 62.0 Å². The van der Waals surface area contributed by atoms with E-state index < -0.39 is 0 Å². The molecule has 0 bridgehead atoms. The lowest BCUT2D eigenvalue weighted by atomic mass is 9.99.